The average molecular weight is 493 g/mol. The minimum absolute atomic E-state index is 0.0808. The van der Waals surface area contributed by atoms with E-state index >= 15 is 0 Å². The summed E-state index contributed by atoms with van der Waals surface area (Å²) in [5, 5.41) is 5.36. The highest BCUT2D eigenvalue weighted by molar-refractivity contribution is 6.35. The summed E-state index contributed by atoms with van der Waals surface area (Å²) in [5.41, 5.74) is 2.60. The minimum atomic E-state index is -0.854. The van der Waals surface area contributed by atoms with Crippen LogP contribution in [-0.2, 0) is 20.1 Å². The van der Waals surface area contributed by atoms with Gasteiger partial charge in [-0.2, -0.15) is 0 Å². The normalized spacial score (nSPS) is 22.5. The molecule has 1 fully saturated rings. The molecule has 0 N–H and O–H groups in total. The second-order valence-corrected chi connectivity index (χ2v) is 9.29. The van der Waals surface area contributed by atoms with E-state index in [0.717, 1.165) is 11.1 Å². The standard InChI is InChI=1S/C24H23Cl2FN2O4/c1-4-29-23(31)15(12-32-29)8-21(30)17-6-5-14(7-13(17)2)20-11-24(3,33-28-20)16-9-18(25)22(27)19(26)10-16/h5-7,9-10,15H,4,8,11-12H2,1-3H3/t15-,24+/m1/s1. The number of ketones is 1. The SMILES string of the molecule is CCN1OC[C@@H](CC(=O)c2ccc(C3=NO[C@](C)(c4cc(Cl)c(F)c(Cl)c4)C3)cc2C)C1=O. The van der Waals surface area contributed by atoms with Gasteiger partial charge in [-0.15, -0.1) is 0 Å². The van der Waals surface area contributed by atoms with Crippen molar-refractivity contribution in [1.29, 1.82) is 0 Å². The van der Waals surface area contributed by atoms with Crippen LogP contribution in [-0.4, -0.2) is 35.6 Å². The van der Waals surface area contributed by atoms with Crippen molar-refractivity contribution >= 4 is 40.6 Å². The van der Waals surface area contributed by atoms with Crippen LogP contribution < -0.4 is 0 Å². The molecular weight excluding hydrogens is 470 g/mol. The number of nitrogens with zero attached hydrogens (tertiary/aromatic N) is 2. The van der Waals surface area contributed by atoms with E-state index in [2.05, 4.69) is 5.16 Å². The van der Waals surface area contributed by atoms with Gasteiger partial charge in [0.2, 0.25) is 0 Å². The first-order valence-electron chi connectivity index (χ1n) is 10.6. The van der Waals surface area contributed by atoms with Crippen molar-refractivity contribution in [3.05, 3.63) is 68.4 Å². The number of rotatable bonds is 6. The maximum absolute atomic E-state index is 13.8. The molecule has 174 valence electrons. The number of halogens is 3. The number of Topliss-reactive ketones (excluding diaryl/α,β-unsaturated/α-hetero) is 1. The highest BCUT2D eigenvalue weighted by Gasteiger charge is 2.38. The van der Waals surface area contributed by atoms with Crippen LogP contribution in [0.5, 0.6) is 0 Å². The fourth-order valence-electron chi connectivity index (χ4n) is 4.11. The van der Waals surface area contributed by atoms with E-state index in [1.807, 2.05) is 32.9 Å². The van der Waals surface area contributed by atoms with Crippen molar-refractivity contribution in [3.8, 4) is 0 Å². The van der Waals surface area contributed by atoms with Crippen LogP contribution in [0.15, 0.2) is 35.5 Å². The van der Waals surface area contributed by atoms with Gasteiger partial charge in [0, 0.05) is 30.5 Å². The molecule has 2 aromatic carbocycles. The van der Waals surface area contributed by atoms with E-state index < -0.39 is 17.3 Å². The quantitative estimate of drug-likeness (QED) is 0.396. The van der Waals surface area contributed by atoms with Gasteiger partial charge in [0.1, 0.15) is 0 Å². The van der Waals surface area contributed by atoms with Crippen LogP contribution in [0.3, 0.4) is 0 Å². The smallest absolute Gasteiger partial charge is 0.252 e. The highest BCUT2D eigenvalue weighted by Crippen LogP contribution is 2.39. The third kappa shape index (κ3) is 4.50. The van der Waals surface area contributed by atoms with Crippen LogP contribution in [0.1, 0.15) is 53.7 Å². The summed E-state index contributed by atoms with van der Waals surface area (Å²) in [4.78, 5) is 36.1. The Morgan fingerprint density at radius 3 is 2.58 bits per heavy atom. The second kappa shape index (κ2) is 9.05. The highest BCUT2D eigenvalue weighted by atomic mass is 35.5. The Labute approximate surface area is 201 Å². The molecule has 0 unspecified atom stereocenters. The first-order chi connectivity index (χ1) is 15.6. The molecule has 2 aliphatic rings. The third-order valence-corrected chi connectivity index (χ3v) is 6.61. The zero-order chi connectivity index (χ0) is 23.9. The topological polar surface area (TPSA) is 68.2 Å². The molecule has 2 aromatic rings. The molecule has 0 radical (unpaired) electrons. The van der Waals surface area contributed by atoms with E-state index in [1.54, 1.807) is 6.07 Å². The van der Waals surface area contributed by atoms with Crippen LogP contribution >= 0.6 is 23.2 Å². The molecule has 9 heteroatoms. The molecule has 4 rings (SSSR count). The first kappa shape index (κ1) is 23.7. The van der Waals surface area contributed by atoms with Gasteiger partial charge in [-0.05, 0) is 50.1 Å². The van der Waals surface area contributed by atoms with Gasteiger partial charge in [-0.3, -0.25) is 14.4 Å². The average Bonchev–Trinajstić information content (AvgIpc) is 3.35. The number of hydrogen-bond acceptors (Lipinski definition) is 5. The Hall–Kier alpha value is -2.48. The molecule has 0 saturated carbocycles. The fourth-order valence-corrected chi connectivity index (χ4v) is 4.60. The Balaban J connectivity index is 1.48. The van der Waals surface area contributed by atoms with Crippen molar-refractivity contribution in [2.24, 2.45) is 11.1 Å². The zero-order valence-electron chi connectivity index (χ0n) is 18.5. The molecule has 33 heavy (non-hydrogen) atoms. The molecule has 2 atom stereocenters. The Kier molecular flexibility index (Phi) is 6.49. The maximum atomic E-state index is 13.8. The summed E-state index contributed by atoms with van der Waals surface area (Å²) in [6.45, 7) is 6.17. The number of benzene rings is 2. The summed E-state index contributed by atoms with van der Waals surface area (Å²) in [7, 11) is 0. The number of hydrogen-bond donors (Lipinski definition) is 0. The molecule has 1 amide bonds. The first-order valence-corrected chi connectivity index (χ1v) is 11.4. The van der Waals surface area contributed by atoms with Gasteiger partial charge in [-0.1, -0.05) is 40.5 Å². The maximum Gasteiger partial charge on any atom is 0.252 e. The fraction of sp³-hybridized carbons (Fsp3) is 0.375. The molecule has 2 aliphatic heterocycles. The van der Waals surface area contributed by atoms with E-state index in [0.29, 0.717) is 29.8 Å². The van der Waals surface area contributed by atoms with Gasteiger partial charge in [0.25, 0.3) is 5.91 Å². The minimum Gasteiger partial charge on any atom is -0.384 e. The Morgan fingerprint density at radius 2 is 1.97 bits per heavy atom. The monoisotopic (exact) mass is 492 g/mol. The number of carbonyl (C=O) groups excluding carboxylic acids is 2. The Morgan fingerprint density at radius 1 is 1.27 bits per heavy atom. The van der Waals surface area contributed by atoms with Gasteiger partial charge in [0.15, 0.2) is 17.2 Å². The lowest BCUT2D eigenvalue weighted by molar-refractivity contribution is -0.160. The number of aryl methyl sites for hydroxylation is 1. The predicted molar refractivity (Wildman–Crippen MR) is 123 cm³/mol. The van der Waals surface area contributed by atoms with Crippen LogP contribution in [0.25, 0.3) is 0 Å². The van der Waals surface area contributed by atoms with Gasteiger partial charge < -0.3 is 4.84 Å². The number of amides is 1. The lowest BCUT2D eigenvalue weighted by atomic mass is 9.88. The lowest BCUT2D eigenvalue weighted by Gasteiger charge is -2.22. The van der Waals surface area contributed by atoms with Gasteiger partial charge in [-0.25, -0.2) is 9.45 Å². The molecule has 0 aromatic heterocycles. The zero-order valence-corrected chi connectivity index (χ0v) is 20.0. The summed E-state index contributed by atoms with van der Waals surface area (Å²) >= 11 is 11.9. The molecule has 1 saturated heterocycles. The number of oxime groups is 1. The summed E-state index contributed by atoms with van der Waals surface area (Å²) in [6.07, 6.45) is 0.516. The molecule has 6 nitrogen and oxygen atoms in total. The van der Waals surface area contributed by atoms with Crippen molar-refractivity contribution < 1.29 is 23.7 Å². The van der Waals surface area contributed by atoms with Crippen LogP contribution in [0, 0.1) is 18.7 Å². The van der Waals surface area contributed by atoms with E-state index in [-0.39, 0.29) is 34.8 Å². The van der Waals surface area contributed by atoms with Crippen LogP contribution in [0.4, 0.5) is 4.39 Å². The largest absolute Gasteiger partial charge is 0.384 e. The Bertz CT molecular complexity index is 1150. The summed E-state index contributed by atoms with van der Waals surface area (Å²) in [5.74, 6) is -1.39. The molecule has 2 heterocycles. The lowest BCUT2D eigenvalue weighted by Crippen LogP contribution is -2.27. The molecule has 0 aliphatic carbocycles. The molecule has 0 bridgehead atoms. The number of hydroxylamine groups is 2. The third-order valence-electron chi connectivity index (χ3n) is 6.06. The summed E-state index contributed by atoms with van der Waals surface area (Å²) in [6, 6.07) is 8.40. The van der Waals surface area contributed by atoms with Crippen molar-refractivity contribution in [2.45, 2.75) is 39.2 Å². The summed E-state index contributed by atoms with van der Waals surface area (Å²) < 4.78 is 13.8. The molecule has 0 spiro atoms. The van der Waals surface area contributed by atoms with E-state index in [4.69, 9.17) is 32.9 Å². The van der Waals surface area contributed by atoms with E-state index in [1.165, 1.54) is 17.2 Å². The van der Waals surface area contributed by atoms with Crippen LogP contribution in [0.2, 0.25) is 10.0 Å². The van der Waals surface area contributed by atoms with Crippen molar-refractivity contribution in [3.63, 3.8) is 0 Å². The van der Waals surface area contributed by atoms with Crippen molar-refractivity contribution in [2.75, 3.05) is 13.2 Å². The van der Waals surface area contributed by atoms with Gasteiger partial charge >= 0.3 is 0 Å². The predicted octanol–water partition coefficient (Wildman–Crippen LogP) is 5.46. The van der Waals surface area contributed by atoms with Crippen molar-refractivity contribution in [1.82, 2.24) is 5.06 Å². The number of carbonyl (C=O) groups is 2. The molecular formula is C24H23Cl2FN2O4. The van der Waals surface area contributed by atoms with E-state index in [9.17, 15) is 14.0 Å². The second-order valence-electron chi connectivity index (χ2n) is 8.47. The van der Waals surface area contributed by atoms with Gasteiger partial charge in [0.05, 0.1) is 28.3 Å².